The molecule has 0 radical (unpaired) electrons. The average Bonchev–Trinajstić information content (AvgIpc) is 3.47. The summed E-state index contributed by atoms with van der Waals surface area (Å²) in [6.45, 7) is 6.80. The van der Waals surface area contributed by atoms with E-state index in [2.05, 4.69) is 25.0 Å². The molecule has 0 spiro atoms. The van der Waals surface area contributed by atoms with Crippen LogP contribution in [0.2, 0.25) is 0 Å². The Balaban J connectivity index is 1.16. The van der Waals surface area contributed by atoms with Gasteiger partial charge in [0.15, 0.2) is 0 Å². The molecule has 1 aliphatic heterocycles. The van der Waals surface area contributed by atoms with E-state index in [1.165, 1.54) is 0 Å². The van der Waals surface area contributed by atoms with E-state index in [1.54, 1.807) is 11.8 Å². The second kappa shape index (κ2) is 9.88. The van der Waals surface area contributed by atoms with Gasteiger partial charge in [0.2, 0.25) is 17.6 Å². The normalized spacial score (nSPS) is 15.0. The largest absolute Gasteiger partial charge is 0.497 e. The van der Waals surface area contributed by atoms with Gasteiger partial charge in [-0.15, -0.1) is 5.10 Å². The number of ether oxygens (including phenoxy) is 1. The van der Waals surface area contributed by atoms with Crippen molar-refractivity contribution in [3.05, 3.63) is 64.8 Å². The van der Waals surface area contributed by atoms with Crippen LogP contribution in [0.1, 0.15) is 11.5 Å². The standard InChI is InChI=1S/C24H26N6O3S/c1-17-5-3-4-6-20(17)23-26-30(24(34)32-23)16-29-13-11-28(12-14-29)15-21-25-22(27-33-21)18-7-9-19(31-2)10-8-18/h3-10H,11-16H2,1-2H3. The molecule has 5 rings (SSSR count). The molecule has 0 unspecified atom stereocenters. The maximum Gasteiger partial charge on any atom is 0.288 e. The first-order valence-electron chi connectivity index (χ1n) is 11.1. The van der Waals surface area contributed by atoms with Gasteiger partial charge < -0.3 is 13.7 Å². The highest BCUT2D eigenvalue weighted by molar-refractivity contribution is 7.71. The van der Waals surface area contributed by atoms with Crippen molar-refractivity contribution in [2.45, 2.75) is 20.1 Å². The topological polar surface area (TPSA) is 85.6 Å². The molecule has 1 saturated heterocycles. The van der Waals surface area contributed by atoms with Crippen LogP contribution in [0.3, 0.4) is 0 Å². The summed E-state index contributed by atoms with van der Waals surface area (Å²) in [7, 11) is 1.64. The zero-order chi connectivity index (χ0) is 23.5. The summed E-state index contributed by atoms with van der Waals surface area (Å²) in [6, 6.07) is 15.6. The minimum absolute atomic E-state index is 0.387. The Hall–Kier alpha value is -3.34. The second-order valence-electron chi connectivity index (χ2n) is 8.26. The van der Waals surface area contributed by atoms with Crippen molar-refractivity contribution in [1.82, 2.24) is 29.7 Å². The first-order valence-corrected chi connectivity index (χ1v) is 11.6. The van der Waals surface area contributed by atoms with E-state index >= 15 is 0 Å². The third-order valence-corrected chi connectivity index (χ3v) is 6.25. The summed E-state index contributed by atoms with van der Waals surface area (Å²) in [4.78, 5) is 9.56. The lowest BCUT2D eigenvalue weighted by Gasteiger charge is -2.33. The number of hydrogen-bond donors (Lipinski definition) is 0. The molecule has 3 heterocycles. The fourth-order valence-electron chi connectivity index (χ4n) is 3.96. The average molecular weight is 479 g/mol. The number of hydrogen-bond acceptors (Lipinski definition) is 9. The lowest BCUT2D eigenvalue weighted by atomic mass is 10.1. The molecule has 9 nitrogen and oxygen atoms in total. The van der Waals surface area contributed by atoms with Crippen molar-refractivity contribution in [2.75, 3.05) is 33.3 Å². The van der Waals surface area contributed by atoms with Crippen LogP contribution < -0.4 is 4.74 Å². The fourth-order valence-corrected chi connectivity index (χ4v) is 4.14. The minimum Gasteiger partial charge on any atom is -0.497 e. The van der Waals surface area contributed by atoms with Gasteiger partial charge in [-0.05, 0) is 55.0 Å². The Morgan fingerprint density at radius 1 is 1.00 bits per heavy atom. The van der Waals surface area contributed by atoms with Gasteiger partial charge in [-0.1, -0.05) is 23.4 Å². The van der Waals surface area contributed by atoms with Crippen molar-refractivity contribution in [1.29, 1.82) is 0 Å². The van der Waals surface area contributed by atoms with Gasteiger partial charge in [0.05, 0.1) is 20.3 Å². The molecule has 2 aromatic carbocycles. The van der Waals surface area contributed by atoms with Crippen LogP contribution in [0.4, 0.5) is 0 Å². The Bertz CT molecular complexity index is 1300. The predicted octanol–water partition coefficient (Wildman–Crippen LogP) is 4.01. The number of rotatable bonds is 7. The Labute approximate surface area is 202 Å². The van der Waals surface area contributed by atoms with Gasteiger partial charge >= 0.3 is 0 Å². The van der Waals surface area contributed by atoms with Crippen LogP contribution in [0, 0.1) is 11.8 Å². The molecule has 0 aliphatic carbocycles. The smallest absolute Gasteiger partial charge is 0.288 e. The van der Waals surface area contributed by atoms with Crippen LogP contribution in [0.5, 0.6) is 5.75 Å². The SMILES string of the molecule is COc1ccc(-c2noc(CN3CCN(Cn4nc(-c5ccccc5C)oc4=S)CC3)n2)cc1. The zero-order valence-corrected chi connectivity index (χ0v) is 20.0. The number of benzene rings is 2. The molecule has 1 aliphatic rings. The number of methoxy groups -OCH3 is 1. The number of aryl methyl sites for hydroxylation is 1. The Morgan fingerprint density at radius 3 is 2.47 bits per heavy atom. The van der Waals surface area contributed by atoms with Crippen LogP contribution in [0.15, 0.2) is 57.5 Å². The van der Waals surface area contributed by atoms with E-state index in [0.29, 0.717) is 35.7 Å². The maximum atomic E-state index is 5.77. The summed E-state index contributed by atoms with van der Waals surface area (Å²) >= 11 is 5.41. The molecule has 0 amide bonds. The molecule has 0 bridgehead atoms. The van der Waals surface area contributed by atoms with E-state index < -0.39 is 0 Å². The third-order valence-electron chi connectivity index (χ3n) is 5.96. The van der Waals surface area contributed by atoms with Crippen molar-refractivity contribution in [2.24, 2.45) is 0 Å². The first-order chi connectivity index (χ1) is 16.6. The molecule has 34 heavy (non-hydrogen) atoms. The molecule has 10 heteroatoms. The monoisotopic (exact) mass is 478 g/mol. The number of aromatic nitrogens is 4. The van der Waals surface area contributed by atoms with E-state index in [1.807, 2.05) is 55.5 Å². The van der Waals surface area contributed by atoms with E-state index in [-0.39, 0.29) is 0 Å². The van der Waals surface area contributed by atoms with Crippen molar-refractivity contribution < 1.29 is 13.7 Å². The lowest BCUT2D eigenvalue weighted by Crippen LogP contribution is -2.46. The first kappa shape index (κ1) is 22.5. The van der Waals surface area contributed by atoms with Crippen molar-refractivity contribution in [3.8, 4) is 28.6 Å². The molecule has 176 valence electrons. The molecular weight excluding hydrogens is 452 g/mol. The predicted molar refractivity (Wildman–Crippen MR) is 129 cm³/mol. The van der Waals surface area contributed by atoms with Gasteiger partial charge in [0, 0.05) is 37.3 Å². The van der Waals surface area contributed by atoms with Crippen LogP contribution in [0.25, 0.3) is 22.8 Å². The molecule has 4 aromatic rings. The van der Waals surface area contributed by atoms with Crippen molar-refractivity contribution in [3.63, 3.8) is 0 Å². The van der Waals surface area contributed by atoms with Gasteiger partial charge in [-0.3, -0.25) is 9.80 Å². The van der Waals surface area contributed by atoms with Gasteiger partial charge in [-0.2, -0.15) is 4.98 Å². The number of piperazine rings is 1. The Kier molecular flexibility index (Phi) is 6.52. The highest BCUT2D eigenvalue weighted by Gasteiger charge is 2.21. The number of nitrogens with zero attached hydrogens (tertiary/aromatic N) is 6. The second-order valence-corrected chi connectivity index (χ2v) is 8.61. The van der Waals surface area contributed by atoms with E-state index in [4.69, 9.17) is 25.9 Å². The molecule has 1 fully saturated rings. The lowest BCUT2D eigenvalue weighted by molar-refractivity contribution is 0.0902. The van der Waals surface area contributed by atoms with E-state index in [0.717, 1.165) is 48.6 Å². The van der Waals surface area contributed by atoms with E-state index in [9.17, 15) is 0 Å². The van der Waals surface area contributed by atoms with Crippen LogP contribution in [-0.4, -0.2) is 63.0 Å². The van der Waals surface area contributed by atoms with Crippen LogP contribution in [-0.2, 0) is 13.2 Å². The summed E-state index contributed by atoms with van der Waals surface area (Å²) in [5, 5.41) is 8.74. The molecule has 0 N–H and O–H groups in total. The molecule has 2 aromatic heterocycles. The highest BCUT2D eigenvalue weighted by Crippen LogP contribution is 2.22. The summed E-state index contributed by atoms with van der Waals surface area (Å²) in [5.74, 6) is 2.55. The highest BCUT2D eigenvalue weighted by atomic mass is 32.1. The fraction of sp³-hybridized carbons (Fsp3) is 0.333. The minimum atomic E-state index is 0.387. The maximum absolute atomic E-state index is 5.77. The summed E-state index contributed by atoms with van der Waals surface area (Å²) in [5.41, 5.74) is 2.97. The Morgan fingerprint density at radius 2 is 1.74 bits per heavy atom. The summed E-state index contributed by atoms with van der Waals surface area (Å²) < 4.78 is 18.2. The molecule has 0 saturated carbocycles. The third kappa shape index (κ3) is 4.93. The molecule has 0 atom stereocenters. The van der Waals surface area contributed by atoms with Crippen molar-refractivity contribution >= 4 is 12.2 Å². The molecular formula is C24H26N6O3S. The van der Waals surface area contributed by atoms with Crippen LogP contribution >= 0.6 is 12.2 Å². The van der Waals surface area contributed by atoms with Gasteiger partial charge in [0.25, 0.3) is 4.84 Å². The van der Waals surface area contributed by atoms with Gasteiger partial charge in [0.1, 0.15) is 5.75 Å². The quantitative estimate of drug-likeness (QED) is 0.366. The summed E-state index contributed by atoms with van der Waals surface area (Å²) in [6.07, 6.45) is 0. The zero-order valence-electron chi connectivity index (χ0n) is 19.2. The van der Waals surface area contributed by atoms with Gasteiger partial charge in [-0.25, -0.2) is 4.68 Å².